The Hall–Kier alpha value is -1.88. The molecule has 2 unspecified atom stereocenters. The molecule has 4 rings (SSSR count). The number of hydrogen-bond donors (Lipinski definition) is 0. The maximum Gasteiger partial charge on any atom is 0.159 e. The zero-order valence-electron chi connectivity index (χ0n) is 19.5. The van der Waals surface area contributed by atoms with Crippen molar-refractivity contribution in [2.45, 2.75) is 77.4 Å². The predicted octanol–water partition coefficient (Wildman–Crippen LogP) is 8.69. The zero-order chi connectivity index (χ0) is 23.5. The van der Waals surface area contributed by atoms with Crippen LogP contribution in [-0.4, -0.2) is 0 Å². The fourth-order valence-corrected chi connectivity index (χ4v) is 5.64. The minimum atomic E-state index is -0.888. The van der Waals surface area contributed by atoms with Crippen molar-refractivity contribution in [3.8, 4) is 0 Å². The monoisotopic (exact) mass is 462 g/mol. The van der Waals surface area contributed by atoms with Gasteiger partial charge in [-0.25, -0.2) is 17.6 Å². The van der Waals surface area contributed by atoms with Crippen LogP contribution in [-0.2, 0) is 4.74 Å². The van der Waals surface area contributed by atoms with Crippen molar-refractivity contribution in [1.29, 1.82) is 0 Å². The number of hydrogen-bond acceptors (Lipinski definition) is 1. The summed E-state index contributed by atoms with van der Waals surface area (Å²) in [4.78, 5) is 0. The molecular formula is C28H34F4O. The Morgan fingerprint density at radius 3 is 1.27 bits per heavy atom. The Balaban J connectivity index is 1.69. The maximum atomic E-state index is 14.2. The van der Waals surface area contributed by atoms with Crippen LogP contribution in [0.15, 0.2) is 36.4 Å². The second-order valence-electron chi connectivity index (χ2n) is 10.4. The lowest BCUT2D eigenvalue weighted by atomic mass is 9.76. The molecule has 2 aliphatic rings. The van der Waals surface area contributed by atoms with Crippen LogP contribution in [0.25, 0.3) is 0 Å². The lowest BCUT2D eigenvalue weighted by molar-refractivity contribution is -0.0900. The van der Waals surface area contributed by atoms with E-state index < -0.39 is 35.5 Å². The molecule has 2 saturated carbocycles. The molecule has 0 N–H and O–H groups in total. The fraction of sp³-hybridized carbons (Fsp3) is 0.571. The SMILES string of the molecule is C[C@H]1CC[C@H](C(OC(c2ccc(F)c(F)c2)[C@H]2CC[C@H](C)CC2)c2ccc(F)c(F)c2)CC1. The van der Waals surface area contributed by atoms with Gasteiger partial charge in [0, 0.05) is 0 Å². The first kappa shape index (κ1) is 24.3. The standard InChI is InChI=1S/C28H34F4O/c1-17-3-7-19(8-4-17)27(21-11-13-23(29)25(31)15-21)33-28(20-9-5-18(2)6-10-20)22-12-14-24(30)26(32)16-22/h11-20,27-28H,3-10H2,1-2H3/t17-,18-,19-,20-,27?,28?. The molecule has 0 bridgehead atoms. The van der Waals surface area contributed by atoms with E-state index in [9.17, 15) is 17.6 Å². The number of halogens is 4. The average Bonchev–Trinajstić information content (AvgIpc) is 2.80. The van der Waals surface area contributed by atoms with Gasteiger partial charge >= 0.3 is 0 Å². The summed E-state index contributed by atoms with van der Waals surface area (Å²) in [5, 5.41) is 0. The highest BCUT2D eigenvalue weighted by Gasteiger charge is 2.35. The van der Waals surface area contributed by atoms with Gasteiger partial charge in [-0.3, -0.25) is 0 Å². The van der Waals surface area contributed by atoms with E-state index in [-0.39, 0.29) is 11.8 Å². The Morgan fingerprint density at radius 1 is 0.576 bits per heavy atom. The molecular weight excluding hydrogens is 428 g/mol. The van der Waals surface area contributed by atoms with E-state index in [2.05, 4.69) is 13.8 Å². The smallest absolute Gasteiger partial charge is 0.159 e. The van der Waals surface area contributed by atoms with Crippen LogP contribution in [0.3, 0.4) is 0 Å². The topological polar surface area (TPSA) is 9.23 Å². The first-order valence-corrected chi connectivity index (χ1v) is 12.4. The van der Waals surface area contributed by atoms with Crippen LogP contribution in [0.2, 0.25) is 0 Å². The first-order chi connectivity index (χ1) is 15.8. The second-order valence-corrected chi connectivity index (χ2v) is 10.4. The Kier molecular flexibility index (Phi) is 7.78. The maximum absolute atomic E-state index is 14.2. The Labute approximate surface area is 194 Å². The van der Waals surface area contributed by atoms with E-state index in [0.717, 1.165) is 63.5 Å². The van der Waals surface area contributed by atoms with Gasteiger partial charge in [0.15, 0.2) is 23.3 Å². The summed E-state index contributed by atoms with van der Waals surface area (Å²) in [6.07, 6.45) is 7.16. The molecule has 2 atom stereocenters. The van der Waals surface area contributed by atoms with Crippen LogP contribution in [0, 0.1) is 46.9 Å². The van der Waals surface area contributed by atoms with Crippen LogP contribution in [0.1, 0.15) is 88.5 Å². The van der Waals surface area contributed by atoms with Gasteiger partial charge in [0.1, 0.15) is 0 Å². The molecule has 0 saturated heterocycles. The summed E-state index contributed by atoms with van der Waals surface area (Å²) in [5.74, 6) is -1.94. The summed E-state index contributed by atoms with van der Waals surface area (Å²) < 4.78 is 62.6. The number of benzene rings is 2. The van der Waals surface area contributed by atoms with Gasteiger partial charge in [-0.2, -0.15) is 0 Å². The van der Waals surface area contributed by atoms with Gasteiger partial charge in [-0.15, -0.1) is 0 Å². The van der Waals surface area contributed by atoms with E-state index in [1.54, 1.807) is 12.1 Å². The normalized spacial score (nSPS) is 27.8. The third-order valence-corrected chi connectivity index (χ3v) is 7.81. The molecule has 0 aliphatic heterocycles. The molecule has 0 aromatic heterocycles. The van der Waals surface area contributed by atoms with E-state index in [1.165, 1.54) is 12.1 Å². The molecule has 2 aromatic carbocycles. The minimum absolute atomic E-state index is 0.168. The van der Waals surface area contributed by atoms with Crippen molar-refractivity contribution < 1.29 is 22.3 Å². The zero-order valence-corrected chi connectivity index (χ0v) is 19.5. The van der Waals surface area contributed by atoms with Crippen molar-refractivity contribution in [3.05, 3.63) is 70.8 Å². The third kappa shape index (κ3) is 5.79. The highest BCUT2D eigenvalue weighted by Crippen LogP contribution is 2.46. The lowest BCUT2D eigenvalue weighted by Gasteiger charge is -2.39. The fourth-order valence-electron chi connectivity index (χ4n) is 5.64. The van der Waals surface area contributed by atoms with Gasteiger partial charge in [0.05, 0.1) is 12.2 Å². The summed E-state index contributed by atoms with van der Waals surface area (Å²) in [6, 6.07) is 7.99. The van der Waals surface area contributed by atoms with Gasteiger partial charge in [-0.1, -0.05) is 51.7 Å². The molecule has 0 amide bonds. The van der Waals surface area contributed by atoms with Crippen molar-refractivity contribution >= 4 is 0 Å². The van der Waals surface area contributed by atoms with E-state index in [1.807, 2.05) is 0 Å². The average molecular weight is 463 g/mol. The van der Waals surface area contributed by atoms with Gasteiger partial charge < -0.3 is 4.74 Å². The molecule has 180 valence electrons. The molecule has 2 fully saturated rings. The molecule has 0 radical (unpaired) electrons. The van der Waals surface area contributed by atoms with E-state index in [0.29, 0.717) is 23.0 Å². The lowest BCUT2D eigenvalue weighted by Crippen LogP contribution is -2.28. The second kappa shape index (κ2) is 10.6. The summed E-state index contributed by atoms with van der Waals surface area (Å²) in [5.41, 5.74) is 1.23. The third-order valence-electron chi connectivity index (χ3n) is 7.81. The quantitative estimate of drug-likeness (QED) is 0.390. The van der Waals surface area contributed by atoms with Crippen molar-refractivity contribution in [3.63, 3.8) is 0 Å². The van der Waals surface area contributed by atoms with Crippen LogP contribution in [0.5, 0.6) is 0 Å². The van der Waals surface area contributed by atoms with Gasteiger partial charge in [-0.05, 0) is 84.7 Å². The molecule has 5 heteroatoms. The predicted molar refractivity (Wildman–Crippen MR) is 122 cm³/mol. The molecule has 1 nitrogen and oxygen atoms in total. The highest BCUT2D eigenvalue weighted by molar-refractivity contribution is 5.24. The minimum Gasteiger partial charge on any atom is -0.365 e. The number of rotatable bonds is 6. The molecule has 0 heterocycles. The van der Waals surface area contributed by atoms with E-state index in [4.69, 9.17) is 4.74 Å². The van der Waals surface area contributed by atoms with Crippen molar-refractivity contribution in [1.82, 2.24) is 0 Å². The molecule has 2 aromatic rings. The van der Waals surface area contributed by atoms with Crippen molar-refractivity contribution in [2.75, 3.05) is 0 Å². The van der Waals surface area contributed by atoms with Crippen LogP contribution < -0.4 is 0 Å². The van der Waals surface area contributed by atoms with E-state index >= 15 is 0 Å². The Morgan fingerprint density at radius 2 is 0.939 bits per heavy atom. The van der Waals surface area contributed by atoms with Gasteiger partial charge in [0.2, 0.25) is 0 Å². The largest absolute Gasteiger partial charge is 0.365 e. The first-order valence-electron chi connectivity index (χ1n) is 12.4. The number of ether oxygens (including phenoxy) is 1. The summed E-state index contributed by atoms with van der Waals surface area (Å²) in [6.45, 7) is 4.47. The summed E-state index contributed by atoms with van der Waals surface area (Å²) in [7, 11) is 0. The van der Waals surface area contributed by atoms with Crippen LogP contribution in [0.4, 0.5) is 17.6 Å². The molecule has 2 aliphatic carbocycles. The Bertz CT molecular complexity index is 854. The summed E-state index contributed by atoms with van der Waals surface area (Å²) >= 11 is 0. The molecule has 33 heavy (non-hydrogen) atoms. The van der Waals surface area contributed by atoms with Crippen molar-refractivity contribution in [2.24, 2.45) is 23.7 Å². The highest BCUT2D eigenvalue weighted by atomic mass is 19.2. The molecule has 0 spiro atoms. The van der Waals surface area contributed by atoms with Gasteiger partial charge in [0.25, 0.3) is 0 Å². The van der Waals surface area contributed by atoms with Crippen LogP contribution >= 0.6 is 0 Å².